The van der Waals surface area contributed by atoms with E-state index < -0.39 is 6.04 Å². The van der Waals surface area contributed by atoms with Crippen molar-refractivity contribution in [2.24, 2.45) is 0 Å². The van der Waals surface area contributed by atoms with E-state index in [2.05, 4.69) is 29.5 Å². The topological polar surface area (TPSA) is 74.3 Å². The minimum absolute atomic E-state index is 0.133. The molecule has 1 rings (SSSR count). The van der Waals surface area contributed by atoms with E-state index in [0.717, 1.165) is 10.7 Å². The molecule has 7 heteroatoms. The van der Waals surface area contributed by atoms with E-state index in [9.17, 15) is 9.59 Å². The highest BCUT2D eigenvalue weighted by Gasteiger charge is 2.16. The number of thiazole rings is 1. The van der Waals surface area contributed by atoms with Crippen molar-refractivity contribution in [2.75, 3.05) is 20.6 Å². The van der Waals surface area contributed by atoms with Gasteiger partial charge >= 0.3 is 6.03 Å². The molecule has 0 saturated carbocycles. The van der Waals surface area contributed by atoms with Crippen LogP contribution in [0.2, 0.25) is 0 Å². The summed E-state index contributed by atoms with van der Waals surface area (Å²) in [6.07, 6.45) is 0.687. The lowest BCUT2D eigenvalue weighted by Crippen LogP contribution is -2.48. The SMILES string of the molecule is CC(C)c1nc(CCNC(=O)N[C@@H](C)C(=O)N(C)C)cs1. The van der Waals surface area contributed by atoms with Gasteiger partial charge in [0.05, 0.1) is 10.7 Å². The molecule has 1 heterocycles. The number of carbonyl (C=O) groups excluding carboxylic acids is 2. The summed E-state index contributed by atoms with van der Waals surface area (Å²) in [4.78, 5) is 29.2. The number of urea groups is 1. The Labute approximate surface area is 129 Å². The van der Waals surface area contributed by atoms with Crippen LogP contribution < -0.4 is 10.6 Å². The smallest absolute Gasteiger partial charge is 0.315 e. The van der Waals surface area contributed by atoms with Crippen LogP contribution in [0.5, 0.6) is 0 Å². The van der Waals surface area contributed by atoms with Crippen molar-refractivity contribution >= 4 is 23.3 Å². The maximum absolute atomic E-state index is 11.7. The lowest BCUT2D eigenvalue weighted by Gasteiger charge is -2.18. The highest BCUT2D eigenvalue weighted by atomic mass is 32.1. The highest BCUT2D eigenvalue weighted by molar-refractivity contribution is 7.09. The van der Waals surface area contributed by atoms with Gasteiger partial charge < -0.3 is 15.5 Å². The summed E-state index contributed by atoms with van der Waals surface area (Å²) in [5, 5.41) is 8.48. The summed E-state index contributed by atoms with van der Waals surface area (Å²) >= 11 is 1.64. The van der Waals surface area contributed by atoms with Crippen molar-refractivity contribution in [3.63, 3.8) is 0 Å². The Balaban J connectivity index is 2.31. The second-order valence-corrected chi connectivity index (χ2v) is 6.33. The number of aromatic nitrogens is 1. The zero-order chi connectivity index (χ0) is 16.0. The van der Waals surface area contributed by atoms with Crippen LogP contribution in [0.15, 0.2) is 5.38 Å². The van der Waals surface area contributed by atoms with E-state index in [1.54, 1.807) is 32.4 Å². The van der Waals surface area contributed by atoms with E-state index >= 15 is 0 Å². The van der Waals surface area contributed by atoms with Crippen LogP contribution in [0.25, 0.3) is 0 Å². The summed E-state index contributed by atoms with van der Waals surface area (Å²) in [6.45, 7) is 6.38. The lowest BCUT2D eigenvalue weighted by atomic mass is 10.2. The zero-order valence-electron chi connectivity index (χ0n) is 13.3. The summed E-state index contributed by atoms with van der Waals surface area (Å²) in [5.74, 6) is 0.295. The standard InChI is InChI=1S/C14H24N4O2S/c1-9(2)12-17-11(8-21-12)6-7-15-14(20)16-10(3)13(19)18(4)5/h8-10H,6-7H2,1-5H3,(H2,15,16,20)/t10-/m0/s1. The Morgan fingerprint density at radius 1 is 1.33 bits per heavy atom. The Morgan fingerprint density at radius 2 is 2.00 bits per heavy atom. The van der Waals surface area contributed by atoms with Gasteiger partial charge in [-0.15, -0.1) is 11.3 Å². The van der Waals surface area contributed by atoms with E-state index in [4.69, 9.17) is 0 Å². The minimum Gasteiger partial charge on any atom is -0.347 e. The Kier molecular flexibility index (Phi) is 6.61. The fraction of sp³-hybridized carbons (Fsp3) is 0.643. The van der Waals surface area contributed by atoms with Crippen LogP contribution in [0, 0.1) is 0 Å². The minimum atomic E-state index is -0.535. The molecular weight excluding hydrogens is 288 g/mol. The van der Waals surface area contributed by atoms with Gasteiger partial charge in [0, 0.05) is 38.4 Å². The predicted octanol–water partition coefficient (Wildman–Crippen LogP) is 1.58. The molecule has 6 nitrogen and oxygen atoms in total. The molecule has 0 saturated heterocycles. The first-order valence-electron chi connectivity index (χ1n) is 7.01. The predicted molar refractivity (Wildman–Crippen MR) is 84.6 cm³/mol. The molecule has 2 N–H and O–H groups in total. The molecule has 0 aliphatic heterocycles. The highest BCUT2D eigenvalue weighted by Crippen LogP contribution is 2.19. The van der Waals surface area contributed by atoms with Crippen molar-refractivity contribution in [2.45, 2.75) is 39.2 Å². The summed E-state index contributed by atoms with van der Waals surface area (Å²) in [5.41, 5.74) is 0.987. The molecule has 0 fully saturated rings. The molecule has 0 bridgehead atoms. The van der Waals surface area contributed by atoms with Crippen molar-refractivity contribution in [1.29, 1.82) is 0 Å². The normalized spacial score (nSPS) is 12.1. The molecule has 1 aromatic rings. The summed E-state index contributed by atoms with van der Waals surface area (Å²) in [7, 11) is 3.32. The first-order chi connectivity index (χ1) is 9.81. The van der Waals surface area contributed by atoms with Gasteiger partial charge in [0.2, 0.25) is 5.91 Å². The number of amides is 3. The maximum Gasteiger partial charge on any atom is 0.315 e. The molecule has 3 amide bonds. The first kappa shape index (κ1) is 17.4. The molecule has 0 unspecified atom stereocenters. The maximum atomic E-state index is 11.7. The van der Waals surface area contributed by atoms with Crippen LogP contribution in [-0.2, 0) is 11.2 Å². The third kappa shape index (κ3) is 5.71. The average molecular weight is 312 g/mol. The number of nitrogens with one attached hydrogen (secondary N) is 2. The first-order valence-corrected chi connectivity index (χ1v) is 7.89. The van der Waals surface area contributed by atoms with Crippen molar-refractivity contribution < 1.29 is 9.59 Å². The average Bonchev–Trinajstić information content (AvgIpc) is 2.86. The number of carbonyl (C=O) groups is 2. The number of rotatable bonds is 6. The van der Waals surface area contributed by atoms with E-state index in [0.29, 0.717) is 18.9 Å². The zero-order valence-corrected chi connectivity index (χ0v) is 14.1. The van der Waals surface area contributed by atoms with Crippen molar-refractivity contribution in [1.82, 2.24) is 20.5 Å². The third-order valence-electron chi connectivity index (χ3n) is 2.89. The van der Waals surface area contributed by atoms with E-state index in [-0.39, 0.29) is 11.9 Å². The summed E-state index contributed by atoms with van der Waals surface area (Å²) < 4.78 is 0. The molecule has 0 radical (unpaired) electrons. The number of nitrogens with zero attached hydrogens (tertiary/aromatic N) is 2. The van der Waals surface area contributed by atoms with Gasteiger partial charge in [-0.3, -0.25) is 4.79 Å². The summed E-state index contributed by atoms with van der Waals surface area (Å²) in [6, 6.07) is -0.871. The second-order valence-electron chi connectivity index (χ2n) is 5.44. The molecule has 0 aliphatic rings. The van der Waals surface area contributed by atoms with Crippen LogP contribution >= 0.6 is 11.3 Å². The van der Waals surface area contributed by atoms with Gasteiger partial charge in [0.1, 0.15) is 6.04 Å². The largest absolute Gasteiger partial charge is 0.347 e. The molecule has 1 atom stereocenters. The van der Waals surface area contributed by atoms with Crippen LogP contribution in [0.1, 0.15) is 37.4 Å². The number of hydrogen-bond donors (Lipinski definition) is 2. The molecule has 0 aliphatic carbocycles. The van der Waals surface area contributed by atoms with Gasteiger partial charge in [-0.2, -0.15) is 0 Å². The molecule has 0 spiro atoms. The van der Waals surface area contributed by atoms with Gasteiger partial charge in [0.15, 0.2) is 0 Å². The van der Waals surface area contributed by atoms with Gasteiger partial charge in [-0.05, 0) is 6.92 Å². The molecular formula is C14H24N4O2S. The van der Waals surface area contributed by atoms with Crippen LogP contribution in [0.3, 0.4) is 0 Å². The van der Waals surface area contributed by atoms with Gasteiger partial charge in [0.25, 0.3) is 0 Å². The Morgan fingerprint density at radius 3 is 2.52 bits per heavy atom. The van der Waals surface area contributed by atoms with E-state index in [1.165, 1.54) is 4.90 Å². The van der Waals surface area contributed by atoms with E-state index in [1.807, 2.05) is 5.38 Å². The molecule has 0 aromatic carbocycles. The lowest BCUT2D eigenvalue weighted by molar-refractivity contribution is -0.130. The number of hydrogen-bond acceptors (Lipinski definition) is 4. The Hall–Kier alpha value is -1.63. The second kappa shape index (κ2) is 7.97. The molecule has 21 heavy (non-hydrogen) atoms. The van der Waals surface area contributed by atoms with Gasteiger partial charge in [-0.25, -0.2) is 9.78 Å². The van der Waals surface area contributed by atoms with Crippen LogP contribution in [-0.4, -0.2) is 48.5 Å². The molecule has 118 valence electrons. The fourth-order valence-electron chi connectivity index (χ4n) is 1.70. The van der Waals surface area contributed by atoms with Crippen molar-refractivity contribution in [3.8, 4) is 0 Å². The fourth-order valence-corrected chi connectivity index (χ4v) is 2.57. The number of likely N-dealkylation sites (N-methyl/N-ethyl adjacent to an activating group) is 1. The monoisotopic (exact) mass is 312 g/mol. The third-order valence-corrected chi connectivity index (χ3v) is 4.08. The van der Waals surface area contributed by atoms with Gasteiger partial charge in [-0.1, -0.05) is 13.8 Å². The van der Waals surface area contributed by atoms with Crippen LogP contribution in [0.4, 0.5) is 4.79 Å². The quantitative estimate of drug-likeness (QED) is 0.837. The Bertz CT molecular complexity index is 485. The molecule has 1 aromatic heterocycles. The van der Waals surface area contributed by atoms with Crippen molar-refractivity contribution in [3.05, 3.63) is 16.1 Å².